The predicted octanol–water partition coefficient (Wildman–Crippen LogP) is 2.94. The first-order chi connectivity index (χ1) is 8.57. The lowest BCUT2D eigenvalue weighted by Gasteiger charge is -2.12. The summed E-state index contributed by atoms with van der Waals surface area (Å²) < 4.78 is 5.63. The van der Waals surface area contributed by atoms with Crippen LogP contribution in [0.3, 0.4) is 0 Å². The minimum Gasteiger partial charge on any atom is -0.507 e. The van der Waals surface area contributed by atoms with Crippen molar-refractivity contribution in [3.63, 3.8) is 0 Å². The third kappa shape index (κ3) is 3.65. The summed E-state index contributed by atoms with van der Waals surface area (Å²) in [6, 6.07) is 3.37. The van der Waals surface area contributed by atoms with E-state index in [9.17, 15) is 5.11 Å². The maximum atomic E-state index is 9.89. The van der Waals surface area contributed by atoms with Gasteiger partial charge in [0.2, 0.25) is 0 Å². The molecule has 1 aromatic carbocycles. The molecule has 0 bridgehead atoms. The van der Waals surface area contributed by atoms with Gasteiger partial charge in [0.05, 0.1) is 12.2 Å². The Morgan fingerprint density at radius 3 is 2.67 bits per heavy atom. The van der Waals surface area contributed by atoms with Gasteiger partial charge in [-0.3, -0.25) is 5.41 Å². The predicted molar refractivity (Wildman–Crippen MR) is 73.5 cm³/mol. The summed E-state index contributed by atoms with van der Waals surface area (Å²) >= 11 is 0. The van der Waals surface area contributed by atoms with Crippen LogP contribution in [0.15, 0.2) is 12.1 Å². The molecule has 4 N–H and O–H groups in total. The van der Waals surface area contributed by atoms with E-state index in [-0.39, 0.29) is 11.6 Å². The summed E-state index contributed by atoms with van der Waals surface area (Å²) in [4.78, 5) is 0. The van der Waals surface area contributed by atoms with Gasteiger partial charge < -0.3 is 15.6 Å². The number of benzene rings is 1. The molecule has 4 heteroatoms. The van der Waals surface area contributed by atoms with Gasteiger partial charge in [-0.05, 0) is 25.5 Å². The van der Waals surface area contributed by atoms with Crippen LogP contribution in [-0.2, 0) is 0 Å². The van der Waals surface area contributed by atoms with Crippen molar-refractivity contribution in [2.75, 3.05) is 6.61 Å². The molecule has 0 aromatic heterocycles. The molecule has 0 aliphatic heterocycles. The Bertz CT molecular complexity index is 417. The molecule has 0 saturated carbocycles. The Morgan fingerprint density at radius 2 is 2.06 bits per heavy atom. The number of unbranched alkanes of at least 4 members (excludes halogenated alkanes) is 3. The molecule has 0 fully saturated rings. The highest BCUT2D eigenvalue weighted by atomic mass is 16.5. The molecule has 0 aliphatic carbocycles. The highest BCUT2D eigenvalue weighted by Crippen LogP contribution is 2.30. The van der Waals surface area contributed by atoms with Crippen LogP contribution in [0.2, 0.25) is 0 Å². The first kappa shape index (κ1) is 14.4. The Morgan fingerprint density at radius 1 is 1.33 bits per heavy atom. The number of phenolic OH excluding ortho intramolecular Hbond substituents is 1. The molecule has 18 heavy (non-hydrogen) atoms. The zero-order chi connectivity index (χ0) is 13.5. The number of ether oxygens (including phenoxy) is 1. The molecule has 1 rings (SSSR count). The lowest BCUT2D eigenvalue weighted by Crippen LogP contribution is -2.12. The van der Waals surface area contributed by atoms with Crippen molar-refractivity contribution in [2.45, 2.75) is 39.5 Å². The molecule has 0 atom stereocenters. The summed E-state index contributed by atoms with van der Waals surface area (Å²) in [5.74, 6) is 0.563. The molecule has 1 aromatic rings. The molecule has 0 spiro atoms. The Kier molecular flexibility index (Phi) is 5.49. The van der Waals surface area contributed by atoms with Crippen molar-refractivity contribution in [1.82, 2.24) is 0 Å². The van der Waals surface area contributed by atoms with Crippen molar-refractivity contribution < 1.29 is 9.84 Å². The fourth-order valence-electron chi connectivity index (χ4n) is 1.77. The molecule has 4 nitrogen and oxygen atoms in total. The summed E-state index contributed by atoms with van der Waals surface area (Å²) in [7, 11) is 0. The Balaban J connectivity index is 2.62. The van der Waals surface area contributed by atoms with Crippen LogP contribution in [-0.4, -0.2) is 17.5 Å². The fourth-order valence-corrected chi connectivity index (χ4v) is 1.77. The summed E-state index contributed by atoms with van der Waals surface area (Å²) in [5.41, 5.74) is 6.36. The second kappa shape index (κ2) is 6.89. The maximum absolute atomic E-state index is 9.89. The van der Waals surface area contributed by atoms with Gasteiger partial charge in [0, 0.05) is 5.56 Å². The van der Waals surface area contributed by atoms with Gasteiger partial charge in [0.25, 0.3) is 0 Å². The van der Waals surface area contributed by atoms with Crippen LogP contribution in [0, 0.1) is 12.3 Å². The van der Waals surface area contributed by atoms with E-state index in [2.05, 4.69) is 6.92 Å². The van der Waals surface area contributed by atoms with Gasteiger partial charge in [-0.1, -0.05) is 26.2 Å². The van der Waals surface area contributed by atoms with Crippen molar-refractivity contribution in [2.24, 2.45) is 5.73 Å². The number of hydrogen-bond donors (Lipinski definition) is 3. The second-order valence-corrected chi connectivity index (χ2v) is 4.41. The molecule has 0 saturated heterocycles. The summed E-state index contributed by atoms with van der Waals surface area (Å²) in [6.45, 7) is 4.59. The zero-order valence-corrected chi connectivity index (χ0v) is 11.1. The lowest BCUT2D eigenvalue weighted by atomic mass is 10.1. The number of phenols is 1. The summed E-state index contributed by atoms with van der Waals surface area (Å²) in [5, 5.41) is 17.2. The van der Waals surface area contributed by atoms with Crippen molar-refractivity contribution in [3.8, 4) is 11.5 Å². The van der Waals surface area contributed by atoms with E-state index in [1.807, 2.05) is 0 Å². The van der Waals surface area contributed by atoms with Crippen molar-refractivity contribution in [1.29, 1.82) is 5.41 Å². The number of hydrogen-bond acceptors (Lipinski definition) is 3. The van der Waals surface area contributed by atoms with Gasteiger partial charge in [-0.15, -0.1) is 0 Å². The van der Waals surface area contributed by atoms with E-state index in [1.54, 1.807) is 19.1 Å². The standard InChI is InChI=1S/C14H22N2O2/c1-3-4-5-6-9-18-12-8-7-11(14(15)16)13(17)10(12)2/h7-8,17H,3-6,9H2,1-2H3,(H3,15,16). The highest BCUT2D eigenvalue weighted by Gasteiger charge is 2.11. The average Bonchev–Trinajstić information content (AvgIpc) is 2.33. The summed E-state index contributed by atoms with van der Waals surface area (Å²) in [6.07, 6.45) is 4.60. The zero-order valence-electron chi connectivity index (χ0n) is 11.1. The number of nitrogen functional groups attached to an aromatic ring is 1. The van der Waals surface area contributed by atoms with Gasteiger partial charge >= 0.3 is 0 Å². The minimum atomic E-state index is -0.134. The Hall–Kier alpha value is -1.71. The third-order valence-electron chi connectivity index (χ3n) is 2.93. The third-order valence-corrected chi connectivity index (χ3v) is 2.93. The van der Waals surface area contributed by atoms with Gasteiger partial charge in [0.1, 0.15) is 17.3 Å². The highest BCUT2D eigenvalue weighted by molar-refractivity contribution is 5.98. The SMILES string of the molecule is CCCCCCOc1ccc(C(=N)N)c(O)c1C. The van der Waals surface area contributed by atoms with Crippen LogP contribution >= 0.6 is 0 Å². The average molecular weight is 250 g/mol. The first-order valence-electron chi connectivity index (χ1n) is 6.37. The van der Waals surface area contributed by atoms with Gasteiger partial charge in [-0.25, -0.2) is 0 Å². The molecular formula is C14H22N2O2. The van der Waals surface area contributed by atoms with E-state index < -0.39 is 0 Å². The van der Waals surface area contributed by atoms with Crippen LogP contribution in [0.4, 0.5) is 0 Å². The van der Waals surface area contributed by atoms with E-state index in [4.69, 9.17) is 15.9 Å². The Labute approximate surface area is 108 Å². The first-order valence-corrected chi connectivity index (χ1v) is 6.37. The van der Waals surface area contributed by atoms with Crippen LogP contribution in [0.5, 0.6) is 11.5 Å². The molecular weight excluding hydrogens is 228 g/mol. The van der Waals surface area contributed by atoms with E-state index in [0.717, 1.165) is 12.8 Å². The monoisotopic (exact) mass is 250 g/mol. The molecule has 100 valence electrons. The lowest BCUT2D eigenvalue weighted by molar-refractivity contribution is 0.301. The second-order valence-electron chi connectivity index (χ2n) is 4.41. The maximum Gasteiger partial charge on any atom is 0.133 e. The molecule has 0 amide bonds. The fraction of sp³-hybridized carbons (Fsp3) is 0.500. The van der Waals surface area contributed by atoms with Crippen LogP contribution < -0.4 is 10.5 Å². The van der Waals surface area contributed by atoms with Gasteiger partial charge in [0.15, 0.2) is 0 Å². The topological polar surface area (TPSA) is 79.3 Å². The number of rotatable bonds is 7. The quantitative estimate of drug-likeness (QED) is 0.395. The molecule has 0 heterocycles. The normalized spacial score (nSPS) is 10.3. The molecule has 0 radical (unpaired) electrons. The number of nitrogens with one attached hydrogen (secondary N) is 1. The van der Waals surface area contributed by atoms with Crippen molar-refractivity contribution >= 4 is 5.84 Å². The van der Waals surface area contributed by atoms with E-state index in [1.165, 1.54) is 12.8 Å². The minimum absolute atomic E-state index is 0.0357. The number of amidine groups is 1. The molecule has 0 unspecified atom stereocenters. The molecule has 0 aliphatic rings. The van der Waals surface area contributed by atoms with Crippen LogP contribution in [0.1, 0.15) is 43.7 Å². The smallest absolute Gasteiger partial charge is 0.133 e. The van der Waals surface area contributed by atoms with Gasteiger partial charge in [-0.2, -0.15) is 0 Å². The van der Waals surface area contributed by atoms with E-state index >= 15 is 0 Å². The number of nitrogens with two attached hydrogens (primary N) is 1. The van der Waals surface area contributed by atoms with E-state index in [0.29, 0.717) is 23.5 Å². The van der Waals surface area contributed by atoms with Crippen molar-refractivity contribution in [3.05, 3.63) is 23.3 Å². The van der Waals surface area contributed by atoms with Crippen LogP contribution in [0.25, 0.3) is 0 Å². The number of aromatic hydroxyl groups is 1. The largest absolute Gasteiger partial charge is 0.507 e.